The number of carbonyl (C=O) groups is 1. The number of nitriles is 1. The van der Waals surface area contributed by atoms with Crippen LogP contribution in [0, 0.1) is 39.0 Å². The first-order valence-corrected chi connectivity index (χ1v) is 9.39. The van der Waals surface area contributed by atoms with Crippen LogP contribution in [0.1, 0.15) is 38.6 Å². The summed E-state index contributed by atoms with van der Waals surface area (Å²) in [5.74, 6) is -0.301. The smallest absolute Gasteiger partial charge is 0.387 e. The molecule has 3 rings (SSSR count). The normalized spacial score (nSPS) is 10.9. The number of nitrogens with zero attached hydrogens (tertiary/aromatic N) is 4. The first-order valence-electron chi connectivity index (χ1n) is 9.39. The Kier molecular flexibility index (Phi) is 6.02. The van der Waals surface area contributed by atoms with E-state index in [1.54, 1.807) is 43.5 Å². The van der Waals surface area contributed by atoms with Crippen molar-refractivity contribution in [1.82, 2.24) is 14.3 Å². The molecule has 0 aliphatic rings. The Bertz CT molecular complexity index is 1250. The third kappa shape index (κ3) is 4.23. The van der Waals surface area contributed by atoms with E-state index < -0.39 is 12.2 Å². The highest BCUT2D eigenvalue weighted by atomic mass is 19.3. The summed E-state index contributed by atoms with van der Waals surface area (Å²) in [5, 5.41) is 13.4. The van der Waals surface area contributed by atoms with Crippen LogP contribution in [-0.2, 0) is 6.54 Å². The minimum Gasteiger partial charge on any atom is -0.435 e. The van der Waals surface area contributed by atoms with Crippen molar-refractivity contribution < 1.29 is 18.3 Å². The molecule has 0 aliphatic heterocycles. The summed E-state index contributed by atoms with van der Waals surface area (Å²) in [4.78, 5) is 25.4. The monoisotopic (exact) mass is 426 g/mol. The predicted octanol–water partition coefficient (Wildman–Crippen LogP) is 3.62. The Balaban J connectivity index is 1.94. The highest BCUT2D eigenvalue weighted by molar-refractivity contribution is 5.97. The lowest BCUT2D eigenvalue weighted by molar-refractivity contribution is -0.0498. The number of alkyl halides is 2. The van der Waals surface area contributed by atoms with Crippen LogP contribution in [0.5, 0.6) is 5.75 Å². The van der Waals surface area contributed by atoms with Crippen LogP contribution in [0.25, 0.3) is 5.69 Å². The summed E-state index contributed by atoms with van der Waals surface area (Å²) in [6, 6.07) is 9.63. The van der Waals surface area contributed by atoms with Crippen LogP contribution in [0.2, 0.25) is 0 Å². The van der Waals surface area contributed by atoms with Crippen LogP contribution < -0.4 is 10.3 Å². The van der Waals surface area contributed by atoms with Crippen molar-refractivity contribution in [2.24, 2.45) is 0 Å². The largest absolute Gasteiger partial charge is 0.435 e. The number of aromatic nitrogens is 3. The fourth-order valence-electron chi connectivity index (χ4n) is 3.45. The molecule has 0 atom stereocenters. The van der Waals surface area contributed by atoms with E-state index in [2.05, 4.69) is 9.84 Å². The maximum Gasteiger partial charge on any atom is 0.387 e. The van der Waals surface area contributed by atoms with Crippen molar-refractivity contribution >= 4 is 5.78 Å². The van der Waals surface area contributed by atoms with E-state index in [1.165, 1.54) is 12.1 Å². The van der Waals surface area contributed by atoms with Crippen molar-refractivity contribution in [3.63, 3.8) is 0 Å². The van der Waals surface area contributed by atoms with Crippen LogP contribution in [0.3, 0.4) is 0 Å². The Labute approximate surface area is 177 Å². The van der Waals surface area contributed by atoms with Gasteiger partial charge in [0.15, 0.2) is 5.78 Å². The van der Waals surface area contributed by atoms with Crippen LogP contribution in [-0.4, -0.2) is 26.7 Å². The van der Waals surface area contributed by atoms with Crippen LogP contribution in [0.15, 0.2) is 35.1 Å². The van der Waals surface area contributed by atoms with E-state index in [0.717, 1.165) is 10.4 Å². The van der Waals surface area contributed by atoms with Gasteiger partial charge in [-0.25, -0.2) is 4.68 Å². The van der Waals surface area contributed by atoms with Gasteiger partial charge in [-0.3, -0.25) is 9.59 Å². The highest BCUT2D eigenvalue weighted by Crippen LogP contribution is 2.24. The lowest BCUT2D eigenvalue weighted by Gasteiger charge is -2.12. The van der Waals surface area contributed by atoms with E-state index in [4.69, 9.17) is 0 Å². The lowest BCUT2D eigenvalue weighted by Crippen LogP contribution is -2.30. The summed E-state index contributed by atoms with van der Waals surface area (Å²) < 4.78 is 31.9. The molecule has 0 saturated heterocycles. The molecule has 0 bridgehead atoms. The number of carbonyl (C=O) groups excluding carboxylic acids is 1. The molecule has 31 heavy (non-hydrogen) atoms. The van der Waals surface area contributed by atoms with E-state index >= 15 is 0 Å². The van der Waals surface area contributed by atoms with Gasteiger partial charge in [0.25, 0.3) is 5.56 Å². The van der Waals surface area contributed by atoms with Gasteiger partial charge in [-0.15, -0.1) is 0 Å². The molecule has 2 heterocycles. The molecule has 0 radical (unpaired) electrons. The molecule has 0 fully saturated rings. The van der Waals surface area contributed by atoms with Gasteiger partial charge in [-0.05, 0) is 63.6 Å². The third-order valence-electron chi connectivity index (χ3n) is 5.09. The fourth-order valence-corrected chi connectivity index (χ4v) is 3.45. The van der Waals surface area contributed by atoms with Gasteiger partial charge in [0, 0.05) is 22.6 Å². The molecule has 9 heteroatoms. The highest BCUT2D eigenvalue weighted by Gasteiger charge is 2.20. The summed E-state index contributed by atoms with van der Waals surface area (Å²) in [5.41, 5.74) is 2.80. The Morgan fingerprint density at radius 2 is 1.84 bits per heavy atom. The summed E-state index contributed by atoms with van der Waals surface area (Å²) in [7, 11) is 0. The van der Waals surface area contributed by atoms with Crippen molar-refractivity contribution in [2.75, 3.05) is 0 Å². The number of ketones is 1. The van der Waals surface area contributed by atoms with Gasteiger partial charge < -0.3 is 9.30 Å². The van der Waals surface area contributed by atoms with Crippen molar-refractivity contribution in [3.8, 4) is 17.5 Å². The third-order valence-corrected chi connectivity index (χ3v) is 5.09. The molecular weight excluding hydrogens is 406 g/mol. The quantitative estimate of drug-likeness (QED) is 0.562. The summed E-state index contributed by atoms with van der Waals surface area (Å²) in [6.45, 7) is 3.65. The Morgan fingerprint density at radius 1 is 1.19 bits per heavy atom. The van der Waals surface area contributed by atoms with E-state index in [1.807, 2.05) is 13.0 Å². The van der Waals surface area contributed by atoms with Crippen molar-refractivity contribution in [1.29, 1.82) is 5.26 Å². The zero-order valence-corrected chi connectivity index (χ0v) is 17.4. The fraction of sp³-hybridized carbons (Fsp3) is 0.273. The predicted molar refractivity (Wildman–Crippen MR) is 109 cm³/mol. The van der Waals surface area contributed by atoms with Gasteiger partial charge in [0.05, 0.1) is 5.69 Å². The number of ether oxygens (including phenoxy) is 1. The number of rotatable bonds is 6. The number of hydrogen-bond donors (Lipinski definition) is 0. The molecule has 0 unspecified atom stereocenters. The van der Waals surface area contributed by atoms with Crippen LogP contribution in [0.4, 0.5) is 8.78 Å². The van der Waals surface area contributed by atoms with Gasteiger partial charge in [-0.2, -0.15) is 19.1 Å². The van der Waals surface area contributed by atoms with Gasteiger partial charge in [-0.1, -0.05) is 0 Å². The number of halogens is 2. The van der Waals surface area contributed by atoms with Crippen LogP contribution >= 0.6 is 0 Å². The number of aryl methyl sites for hydroxylation is 2. The SMILES string of the molecule is Cc1nn(CC(=O)c2cc(C)n(-c3ccc(OC(F)F)cc3)c2C)c(=O)c(C#N)c1C. The summed E-state index contributed by atoms with van der Waals surface area (Å²) in [6.07, 6.45) is 0. The molecule has 1 aromatic carbocycles. The molecule has 3 aromatic rings. The zero-order chi connectivity index (χ0) is 22.9. The molecular formula is C22H20F2N4O3. The number of hydrogen-bond acceptors (Lipinski definition) is 5. The molecule has 7 nitrogen and oxygen atoms in total. The molecule has 0 aliphatic carbocycles. The second-order valence-electron chi connectivity index (χ2n) is 7.08. The molecule has 0 amide bonds. The standard InChI is InChI=1S/C22H20F2N4O3/c1-12-9-18(15(4)28(12)16-5-7-17(8-6-16)31-22(23)24)20(29)11-27-21(30)19(10-25)13(2)14(3)26-27/h5-9,22H,11H2,1-4H3. The molecule has 0 saturated carbocycles. The molecule has 0 spiro atoms. The first-order chi connectivity index (χ1) is 14.6. The number of benzene rings is 1. The topological polar surface area (TPSA) is 89.9 Å². The molecule has 160 valence electrons. The maximum absolute atomic E-state index is 13.0. The Morgan fingerprint density at radius 3 is 2.42 bits per heavy atom. The van der Waals surface area contributed by atoms with E-state index in [-0.39, 0.29) is 23.6 Å². The van der Waals surface area contributed by atoms with Gasteiger partial charge in [0.2, 0.25) is 0 Å². The molecule has 0 N–H and O–H groups in total. The summed E-state index contributed by atoms with van der Waals surface area (Å²) >= 11 is 0. The average molecular weight is 426 g/mol. The van der Waals surface area contributed by atoms with Crippen molar-refractivity contribution in [2.45, 2.75) is 40.9 Å². The average Bonchev–Trinajstić information content (AvgIpc) is 3.01. The van der Waals surface area contributed by atoms with Gasteiger partial charge in [0.1, 0.15) is 23.9 Å². The van der Waals surface area contributed by atoms with E-state index in [0.29, 0.717) is 28.2 Å². The Hall–Kier alpha value is -3.80. The number of Topliss-reactive ketones (excluding diaryl/α,β-unsaturated/α-hetero) is 1. The minimum atomic E-state index is -2.91. The molecule has 2 aromatic heterocycles. The lowest BCUT2D eigenvalue weighted by atomic mass is 10.1. The second kappa shape index (κ2) is 8.52. The van der Waals surface area contributed by atoms with Gasteiger partial charge >= 0.3 is 6.61 Å². The maximum atomic E-state index is 13.0. The second-order valence-corrected chi connectivity index (χ2v) is 7.08. The minimum absolute atomic E-state index is 0.0307. The zero-order valence-electron chi connectivity index (χ0n) is 17.4. The van der Waals surface area contributed by atoms with E-state index in [9.17, 15) is 23.6 Å². The first kappa shape index (κ1) is 21.9. The van der Waals surface area contributed by atoms with Crippen molar-refractivity contribution in [3.05, 3.63) is 74.5 Å².